The van der Waals surface area contributed by atoms with Crippen molar-refractivity contribution in [1.29, 1.82) is 0 Å². The molecule has 2 aliphatic rings. The number of anilines is 2. The summed E-state index contributed by atoms with van der Waals surface area (Å²) in [6.45, 7) is 9.41. The zero-order valence-corrected chi connectivity index (χ0v) is 32.4. The molecular weight excluding hydrogens is 743 g/mol. The number of hydrogen-bond acceptors (Lipinski definition) is 6. The van der Waals surface area contributed by atoms with Crippen LogP contribution in [0.5, 0.6) is 0 Å². The fourth-order valence-corrected chi connectivity index (χ4v) is 7.46. The lowest BCUT2D eigenvalue weighted by atomic mass is 10.0. The first-order chi connectivity index (χ1) is 27.1. The topological polar surface area (TPSA) is 133 Å². The molecule has 1 atom stereocenters. The van der Waals surface area contributed by atoms with E-state index in [1.54, 1.807) is 11.1 Å². The maximum Gasteiger partial charge on any atom is 0.418 e. The molecular formula is C41H49ClF3N9O2. The van der Waals surface area contributed by atoms with Crippen LogP contribution in [0, 0.1) is 0 Å². The van der Waals surface area contributed by atoms with E-state index in [-0.39, 0.29) is 35.1 Å². The number of fused-ring (bicyclic) bond motifs is 2. The van der Waals surface area contributed by atoms with Gasteiger partial charge in [-0.05, 0) is 67.1 Å². The molecule has 1 saturated heterocycles. The number of hydrazine groups is 1. The van der Waals surface area contributed by atoms with Crippen LogP contribution in [-0.4, -0.2) is 63.3 Å². The number of urea groups is 2. The molecule has 4 aromatic rings. The Morgan fingerprint density at radius 1 is 1.11 bits per heavy atom. The highest BCUT2D eigenvalue weighted by molar-refractivity contribution is 6.33. The number of nitrogens with two attached hydrogens (primary N) is 1. The van der Waals surface area contributed by atoms with E-state index in [0.717, 1.165) is 29.3 Å². The number of alkyl halides is 3. The van der Waals surface area contributed by atoms with Crippen molar-refractivity contribution in [2.75, 3.05) is 30.4 Å². The summed E-state index contributed by atoms with van der Waals surface area (Å²) in [5.74, 6) is 5.93. The van der Waals surface area contributed by atoms with Crippen LogP contribution in [0.25, 0.3) is 11.0 Å². The van der Waals surface area contributed by atoms with E-state index < -0.39 is 23.5 Å². The molecule has 0 bridgehead atoms. The van der Waals surface area contributed by atoms with Gasteiger partial charge in [0, 0.05) is 63.2 Å². The maximum atomic E-state index is 14.2. The molecule has 15 heteroatoms. The van der Waals surface area contributed by atoms with Crippen molar-refractivity contribution in [3.8, 4) is 0 Å². The van der Waals surface area contributed by atoms with E-state index in [9.17, 15) is 22.8 Å². The van der Waals surface area contributed by atoms with E-state index in [0.29, 0.717) is 63.2 Å². The Kier molecular flexibility index (Phi) is 14.6. The number of amides is 4. The van der Waals surface area contributed by atoms with E-state index in [4.69, 9.17) is 22.4 Å². The number of aromatic nitrogens is 2. The summed E-state index contributed by atoms with van der Waals surface area (Å²) in [7, 11) is 0. The summed E-state index contributed by atoms with van der Waals surface area (Å²) >= 11 is 6.33. The van der Waals surface area contributed by atoms with Crippen molar-refractivity contribution in [2.45, 2.75) is 77.2 Å². The molecule has 11 nitrogen and oxygen atoms in total. The Morgan fingerprint density at radius 2 is 1.84 bits per heavy atom. The molecule has 56 heavy (non-hydrogen) atoms. The van der Waals surface area contributed by atoms with E-state index in [1.165, 1.54) is 12.3 Å². The van der Waals surface area contributed by atoms with Gasteiger partial charge in [0.1, 0.15) is 5.82 Å². The molecule has 1 aromatic heterocycles. The van der Waals surface area contributed by atoms with Gasteiger partial charge < -0.3 is 30.4 Å². The molecule has 4 amide bonds. The third kappa shape index (κ3) is 10.1. The van der Waals surface area contributed by atoms with Crippen LogP contribution in [0.4, 0.5) is 34.1 Å². The van der Waals surface area contributed by atoms with Gasteiger partial charge in [-0.15, -0.1) is 0 Å². The molecule has 0 aliphatic carbocycles. The first kappa shape index (κ1) is 41.8. The summed E-state index contributed by atoms with van der Waals surface area (Å²) in [4.78, 5) is 39.7. The van der Waals surface area contributed by atoms with E-state index >= 15 is 0 Å². The normalized spacial score (nSPS) is 15.6. The Balaban J connectivity index is 0.00000295. The highest BCUT2D eigenvalue weighted by atomic mass is 35.5. The summed E-state index contributed by atoms with van der Waals surface area (Å²) < 4.78 is 44.5. The number of carbonyl (C=O) groups excluding carboxylic acids is 2. The number of piperidine rings is 1. The lowest BCUT2D eigenvalue weighted by Gasteiger charge is -2.38. The molecule has 3 aromatic carbocycles. The van der Waals surface area contributed by atoms with Gasteiger partial charge in [0.05, 0.1) is 33.3 Å². The van der Waals surface area contributed by atoms with Gasteiger partial charge in [-0.3, -0.25) is 10.8 Å². The standard InChI is InChI=1S/C39H43ClF3N9O2.C2H6/c1-2-45-18-9-3-4-10-19-52-34-14-8-7-13-32(34)46-36(52)33(25-26-23-29(39(41,42)43)35(49-44)30(40)24-26)48-37(53)50-20-16-28(17-21-50)51-22-15-27-11-5-6-12-31(27)47-38(51)54;1-2/h2-8,11-14,18,23-24,28,33,49H,1,9-10,15-17,19-22,25,44H2,(H,47,54)(H,48,53);1-2H3/b4-3-,45-18?;. The van der Waals surface area contributed by atoms with Crippen molar-refractivity contribution < 1.29 is 22.8 Å². The Hall–Kier alpha value is -5.34. The molecule has 0 spiro atoms. The number of benzene rings is 3. The molecule has 3 heterocycles. The number of likely N-dealkylation sites (tertiary alicyclic amines) is 1. The number of nitrogens with zero attached hydrogens (tertiary/aromatic N) is 5. The van der Waals surface area contributed by atoms with Gasteiger partial charge in [0.15, 0.2) is 0 Å². The number of nitrogens with one attached hydrogen (secondary N) is 3. The molecule has 0 saturated carbocycles. The maximum absolute atomic E-state index is 14.2. The minimum atomic E-state index is -4.74. The Labute approximate surface area is 330 Å². The van der Waals surface area contributed by atoms with Gasteiger partial charge in [0.2, 0.25) is 0 Å². The average Bonchev–Trinajstić information content (AvgIpc) is 3.47. The third-order valence-electron chi connectivity index (χ3n) is 9.81. The van der Waals surface area contributed by atoms with Gasteiger partial charge in [0.25, 0.3) is 0 Å². The average molecular weight is 792 g/mol. The van der Waals surface area contributed by atoms with Crippen LogP contribution < -0.4 is 21.9 Å². The predicted molar refractivity (Wildman–Crippen MR) is 218 cm³/mol. The van der Waals surface area contributed by atoms with Crippen LogP contribution in [-0.2, 0) is 25.6 Å². The van der Waals surface area contributed by atoms with Crippen LogP contribution in [0.3, 0.4) is 0 Å². The second-order valence-electron chi connectivity index (χ2n) is 13.2. The summed E-state index contributed by atoms with van der Waals surface area (Å²) in [6.07, 6.45) is 5.54. The molecule has 1 fully saturated rings. The molecule has 298 valence electrons. The predicted octanol–water partition coefficient (Wildman–Crippen LogP) is 9.12. The number of para-hydroxylation sites is 3. The Bertz CT molecular complexity index is 2040. The summed E-state index contributed by atoms with van der Waals surface area (Å²) in [6, 6.07) is 16.3. The zero-order chi connectivity index (χ0) is 40.2. The minimum absolute atomic E-state index is 0.0401. The van der Waals surface area contributed by atoms with Gasteiger partial charge in [-0.25, -0.2) is 14.6 Å². The number of halogens is 4. The lowest BCUT2D eigenvalue weighted by Crippen LogP contribution is -2.52. The highest BCUT2D eigenvalue weighted by Crippen LogP contribution is 2.40. The molecule has 2 aliphatic heterocycles. The van der Waals surface area contributed by atoms with Crippen LogP contribution in [0.15, 0.2) is 90.6 Å². The second kappa shape index (κ2) is 19.5. The second-order valence-corrected chi connectivity index (χ2v) is 13.6. The number of carbonyl (C=O) groups is 2. The SMILES string of the molecule is C=CN=CC/C=C\CCn1c(C(Cc2cc(Cl)c(NN)c(C(F)(F)F)c2)NC(=O)N2CCC(N3CCc4ccccc4NC3=O)CC2)nc2ccccc21.CC. The summed E-state index contributed by atoms with van der Waals surface area (Å²) in [5.41, 5.74) is 4.26. The molecule has 6 rings (SSSR count). The van der Waals surface area contributed by atoms with Gasteiger partial charge in [-0.2, -0.15) is 13.2 Å². The number of aliphatic imine (C=N–C) groups is 1. The van der Waals surface area contributed by atoms with Crippen molar-refractivity contribution in [2.24, 2.45) is 10.8 Å². The molecule has 0 radical (unpaired) electrons. The minimum Gasteiger partial charge on any atom is -0.328 e. The quantitative estimate of drug-likeness (QED) is 0.0492. The largest absolute Gasteiger partial charge is 0.418 e. The lowest BCUT2D eigenvalue weighted by molar-refractivity contribution is -0.137. The number of nitrogen functional groups attached to an aromatic ring is 1. The zero-order valence-electron chi connectivity index (χ0n) is 31.7. The van der Waals surface area contributed by atoms with Crippen molar-refractivity contribution in [3.63, 3.8) is 0 Å². The van der Waals surface area contributed by atoms with Crippen molar-refractivity contribution in [1.82, 2.24) is 24.7 Å². The third-order valence-corrected chi connectivity index (χ3v) is 10.1. The van der Waals surface area contributed by atoms with E-state index in [1.807, 2.05) is 84.0 Å². The van der Waals surface area contributed by atoms with Crippen molar-refractivity contribution in [3.05, 3.63) is 113 Å². The van der Waals surface area contributed by atoms with E-state index in [2.05, 4.69) is 27.6 Å². The van der Waals surface area contributed by atoms with Crippen LogP contribution in [0.2, 0.25) is 5.02 Å². The molecule has 1 unspecified atom stereocenters. The number of rotatable bonds is 12. The highest BCUT2D eigenvalue weighted by Gasteiger charge is 2.36. The number of hydrogen-bond donors (Lipinski definition) is 4. The van der Waals surface area contributed by atoms with Gasteiger partial charge >= 0.3 is 18.2 Å². The van der Waals surface area contributed by atoms with Crippen LogP contribution >= 0.6 is 11.6 Å². The van der Waals surface area contributed by atoms with Gasteiger partial charge in [-0.1, -0.05) is 74.5 Å². The Morgan fingerprint density at radius 3 is 2.57 bits per heavy atom. The number of allylic oxidation sites excluding steroid dienone is 2. The fraction of sp³-hybridized carbons (Fsp3) is 0.366. The molecule has 5 N–H and O–H groups in total. The number of imidazole rings is 1. The summed E-state index contributed by atoms with van der Waals surface area (Å²) in [5, 5.41) is 5.93. The fourth-order valence-electron chi connectivity index (χ4n) is 7.16. The van der Waals surface area contributed by atoms with Crippen LogP contribution in [0.1, 0.15) is 68.1 Å². The first-order valence-corrected chi connectivity index (χ1v) is 19.2. The first-order valence-electron chi connectivity index (χ1n) is 18.9. The smallest absolute Gasteiger partial charge is 0.328 e. The monoisotopic (exact) mass is 791 g/mol. The van der Waals surface area contributed by atoms with Crippen molar-refractivity contribution >= 4 is 52.3 Å². The number of aryl methyl sites for hydroxylation is 1.